The van der Waals surface area contributed by atoms with E-state index in [1.54, 1.807) is 11.8 Å². The molecule has 19 heavy (non-hydrogen) atoms. The van der Waals surface area contributed by atoms with Crippen LogP contribution in [0.15, 0.2) is 39.7 Å². The van der Waals surface area contributed by atoms with Crippen LogP contribution in [-0.4, -0.2) is 9.97 Å². The molecule has 0 radical (unpaired) electrons. The molecule has 2 rings (SSSR count). The quantitative estimate of drug-likeness (QED) is 0.548. The first-order chi connectivity index (χ1) is 9.04. The highest BCUT2D eigenvalue weighted by Gasteiger charge is 2.07. The Kier molecular flexibility index (Phi) is 5.25. The summed E-state index contributed by atoms with van der Waals surface area (Å²) < 4.78 is 1.08. The Bertz CT molecular complexity index is 575. The molecule has 0 saturated heterocycles. The minimum atomic E-state index is 0.357. The van der Waals surface area contributed by atoms with Crippen LogP contribution in [0, 0.1) is 0 Å². The van der Waals surface area contributed by atoms with E-state index in [9.17, 15) is 0 Å². The summed E-state index contributed by atoms with van der Waals surface area (Å²) in [6.07, 6.45) is 0. The molecule has 1 aromatic carbocycles. The summed E-state index contributed by atoms with van der Waals surface area (Å²) in [5, 5.41) is 0.517. The van der Waals surface area contributed by atoms with Gasteiger partial charge in [-0.05, 0) is 30.2 Å². The molecule has 0 unspecified atom stereocenters. The van der Waals surface area contributed by atoms with Crippen molar-refractivity contribution < 1.29 is 0 Å². The van der Waals surface area contributed by atoms with E-state index in [0.717, 1.165) is 21.7 Å². The van der Waals surface area contributed by atoms with Gasteiger partial charge in [-0.1, -0.05) is 47.4 Å². The maximum atomic E-state index is 6.03. The Morgan fingerprint density at radius 1 is 1.26 bits per heavy atom. The fourth-order valence-corrected chi connectivity index (χ4v) is 3.12. The van der Waals surface area contributed by atoms with E-state index < -0.39 is 0 Å². The molecule has 0 spiro atoms. The van der Waals surface area contributed by atoms with Gasteiger partial charge < -0.3 is 0 Å². The van der Waals surface area contributed by atoms with Gasteiger partial charge in [-0.25, -0.2) is 9.97 Å². The molecule has 1 heterocycles. The van der Waals surface area contributed by atoms with Crippen LogP contribution in [0.25, 0.3) is 0 Å². The van der Waals surface area contributed by atoms with Crippen molar-refractivity contribution in [1.82, 2.24) is 9.97 Å². The molecule has 0 fully saturated rings. The summed E-state index contributed by atoms with van der Waals surface area (Å²) in [5.74, 6) is 1.85. The van der Waals surface area contributed by atoms with Crippen molar-refractivity contribution in [3.8, 4) is 0 Å². The van der Waals surface area contributed by atoms with Crippen LogP contribution in [0.5, 0.6) is 0 Å². The predicted molar refractivity (Wildman–Crippen MR) is 84.8 cm³/mol. The van der Waals surface area contributed by atoms with Gasteiger partial charge in [-0.2, -0.15) is 0 Å². The van der Waals surface area contributed by atoms with Crippen LogP contribution < -0.4 is 0 Å². The molecule has 100 valence electrons. The van der Waals surface area contributed by atoms with Gasteiger partial charge in [0.1, 0.15) is 11.0 Å². The van der Waals surface area contributed by atoms with Crippen molar-refractivity contribution in [2.45, 2.75) is 30.4 Å². The highest BCUT2D eigenvalue weighted by molar-refractivity contribution is 9.10. The van der Waals surface area contributed by atoms with Gasteiger partial charge >= 0.3 is 0 Å². The molecule has 5 heteroatoms. The summed E-state index contributed by atoms with van der Waals surface area (Å²) in [6, 6.07) is 10.0. The molecule has 0 bridgehead atoms. The van der Waals surface area contributed by atoms with Gasteiger partial charge in [0.15, 0.2) is 0 Å². The minimum absolute atomic E-state index is 0.357. The third-order valence-corrected chi connectivity index (χ3v) is 4.19. The predicted octanol–water partition coefficient (Wildman–Crippen LogP) is 5.31. The lowest BCUT2D eigenvalue weighted by Crippen LogP contribution is -2.00. The molecular formula is C14H14BrClN2S. The third kappa shape index (κ3) is 4.48. The first-order valence-electron chi connectivity index (χ1n) is 5.96. The number of aromatic nitrogens is 2. The lowest BCUT2D eigenvalue weighted by atomic mass is 10.1. The van der Waals surface area contributed by atoms with E-state index in [1.807, 2.05) is 18.2 Å². The molecule has 0 aliphatic carbocycles. The van der Waals surface area contributed by atoms with E-state index in [1.165, 1.54) is 4.90 Å². The van der Waals surface area contributed by atoms with Crippen LogP contribution in [0.2, 0.25) is 5.15 Å². The van der Waals surface area contributed by atoms with Gasteiger partial charge in [-0.3, -0.25) is 0 Å². The highest BCUT2D eigenvalue weighted by atomic mass is 79.9. The van der Waals surface area contributed by atoms with E-state index in [4.69, 9.17) is 11.6 Å². The Morgan fingerprint density at radius 2 is 2.05 bits per heavy atom. The zero-order chi connectivity index (χ0) is 13.8. The first kappa shape index (κ1) is 14.8. The summed E-state index contributed by atoms with van der Waals surface area (Å²) >= 11 is 11.2. The molecule has 0 aliphatic rings. The number of halogens is 2. The molecule has 0 N–H and O–H groups in total. The molecule has 0 atom stereocenters. The highest BCUT2D eigenvalue weighted by Crippen LogP contribution is 2.25. The molecule has 0 saturated carbocycles. The van der Waals surface area contributed by atoms with Crippen LogP contribution in [0.3, 0.4) is 0 Å². The molecule has 2 nitrogen and oxygen atoms in total. The van der Waals surface area contributed by atoms with Crippen LogP contribution >= 0.6 is 39.3 Å². The summed E-state index contributed by atoms with van der Waals surface area (Å²) in [6.45, 7) is 4.20. The largest absolute Gasteiger partial charge is 0.237 e. The van der Waals surface area contributed by atoms with Crippen molar-refractivity contribution in [1.29, 1.82) is 0 Å². The number of thioether (sulfide) groups is 1. The zero-order valence-corrected chi connectivity index (χ0v) is 13.9. The van der Waals surface area contributed by atoms with Gasteiger partial charge in [0, 0.05) is 15.1 Å². The topological polar surface area (TPSA) is 25.8 Å². The maximum absolute atomic E-state index is 6.03. The number of hydrogen-bond donors (Lipinski definition) is 0. The standard InChI is InChI=1S/C14H14BrClN2S/c1-9(2)12-7-13(16)18-14(17-12)8-19-11-5-3-4-10(15)6-11/h3-7,9H,8H2,1-2H3. The van der Waals surface area contributed by atoms with Crippen molar-refractivity contribution in [3.63, 3.8) is 0 Å². The van der Waals surface area contributed by atoms with Crippen LogP contribution in [0.1, 0.15) is 31.3 Å². The lowest BCUT2D eigenvalue weighted by molar-refractivity contribution is 0.799. The average Bonchev–Trinajstić information content (AvgIpc) is 2.36. The number of hydrogen-bond acceptors (Lipinski definition) is 3. The van der Waals surface area contributed by atoms with Crippen molar-refractivity contribution in [3.05, 3.63) is 51.5 Å². The second-order valence-corrected chi connectivity index (χ2v) is 6.78. The molecule has 1 aromatic heterocycles. The van der Waals surface area contributed by atoms with Gasteiger partial charge in [0.25, 0.3) is 0 Å². The third-order valence-electron chi connectivity index (χ3n) is 2.52. The maximum Gasteiger partial charge on any atom is 0.140 e. The summed E-state index contributed by atoms with van der Waals surface area (Å²) in [7, 11) is 0. The Balaban J connectivity index is 2.11. The summed E-state index contributed by atoms with van der Waals surface area (Å²) in [4.78, 5) is 10.0. The normalized spacial score (nSPS) is 11.0. The van der Waals surface area contributed by atoms with E-state index >= 15 is 0 Å². The van der Waals surface area contributed by atoms with E-state index in [0.29, 0.717) is 11.1 Å². The minimum Gasteiger partial charge on any atom is -0.237 e. The van der Waals surface area contributed by atoms with Gasteiger partial charge in [0.2, 0.25) is 0 Å². The monoisotopic (exact) mass is 356 g/mol. The zero-order valence-electron chi connectivity index (χ0n) is 10.7. The molecule has 2 aromatic rings. The summed E-state index contributed by atoms with van der Waals surface area (Å²) in [5.41, 5.74) is 0.991. The smallest absolute Gasteiger partial charge is 0.140 e. The Labute approximate surface area is 131 Å². The first-order valence-corrected chi connectivity index (χ1v) is 8.12. The lowest BCUT2D eigenvalue weighted by Gasteiger charge is -2.07. The molecule has 0 aliphatic heterocycles. The fraction of sp³-hybridized carbons (Fsp3) is 0.286. The van der Waals surface area contributed by atoms with Gasteiger partial charge in [0.05, 0.1) is 5.75 Å². The Morgan fingerprint density at radius 3 is 2.74 bits per heavy atom. The molecular weight excluding hydrogens is 344 g/mol. The van der Waals surface area contributed by atoms with Crippen LogP contribution in [0.4, 0.5) is 0 Å². The van der Waals surface area contributed by atoms with Crippen molar-refractivity contribution in [2.24, 2.45) is 0 Å². The van der Waals surface area contributed by atoms with E-state index in [-0.39, 0.29) is 0 Å². The fourth-order valence-electron chi connectivity index (χ4n) is 1.55. The number of rotatable bonds is 4. The second-order valence-electron chi connectivity index (χ2n) is 4.43. The van der Waals surface area contributed by atoms with Crippen molar-refractivity contribution >= 4 is 39.3 Å². The van der Waals surface area contributed by atoms with E-state index in [2.05, 4.69) is 51.9 Å². The molecule has 0 amide bonds. The van der Waals surface area contributed by atoms with Gasteiger partial charge in [-0.15, -0.1) is 11.8 Å². The number of benzene rings is 1. The number of nitrogens with zero attached hydrogens (tertiary/aromatic N) is 2. The second kappa shape index (κ2) is 6.73. The SMILES string of the molecule is CC(C)c1cc(Cl)nc(CSc2cccc(Br)c2)n1. The average molecular weight is 358 g/mol. The van der Waals surface area contributed by atoms with Crippen molar-refractivity contribution in [2.75, 3.05) is 0 Å². The Hall–Kier alpha value is -0.580. The van der Waals surface area contributed by atoms with Crippen LogP contribution in [-0.2, 0) is 5.75 Å².